The molecule has 8 nitrogen and oxygen atoms in total. The van der Waals surface area contributed by atoms with Gasteiger partial charge in [0.1, 0.15) is 17.5 Å². The lowest BCUT2D eigenvalue weighted by molar-refractivity contribution is -0.0871. The van der Waals surface area contributed by atoms with Crippen LogP contribution < -0.4 is 15.4 Å². The number of hydrogen-bond acceptors (Lipinski definition) is 5. The van der Waals surface area contributed by atoms with Crippen LogP contribution in [0.3, 0.4) is 0 Å². The number of amides is 2. The quantitative estimate of drug-likeness (QED) is 0.457. The average molecular weight is 488 g/mol. The van der Waals surface area contributed by atoms with E-state index in [1.54, 1.807) is 0 Å². The lowest BCUT2D eigenvalue weighted by Crippen LogP contribution is -2.51. The van der Waals surface area contributed by atoms with Gasteiger partial charge in [-0.15, -0.1) is 0 Å². The van der Waals surface area contributed by atoms with Crippen LogP contribution in [0.1, 0.15) is 19.3 Å². The van der Waals surface area contributed by atoms with Gasteiger partial charge in [-0.2, -0.15) is 0 Å². The molecule has 3 atom stereocenters. The van der Waals surface area contributed by atoms with Crippen molar-refractivity contribution in [3.63, 3.8) is 0 Å². The number of aliphatic hydroxyl groups excluding tert-OH is 1. The van der Waals surface area contributed by atoms with Crippen molar-refractivity contribution in [3.05, 3.63) is 59.9 Å². The molecule has 1 aliphatic rings. The van der Waals surface area contributed by atoms with E-state index in [0.717, 1.165) is 30.3 Å². The number of carbonyl (C=O) groups is 1. The van der Waals surface area contributed by atoms with E-state index in [9.17, 15) is 31.5 Å². The first-order chi connectivity index (χ1) is 15.7. The van der Waals surface area contributed by atoms with Gasteiger partial charge in [0.25, 0.3) is 0 Å². The molecule has 1 aliphatic heterocycles. The highest BCUT2D eigenvalue weighted by Crippen LogP contribution is 2.23. The largest absolute Gasteiger partial charge is 0.394 e. The number of rotatable bonds is 8. The van der Waals surface area contributed by atoms with Crippen LogP contribution in [0, 0.1) is 17.5 Å². The van der Waals surface area contributed by atoms with E-state index in [4.69, 9.17) is 4.74 Å². The van der Waals surface area contributed by atoms with E-state index in [2.05, 4.69) is 15.4 Å². The fourth-order valence-electron chi connectivity index (χ4n) is 3.49. The molecule has 0 aliphatic carbocycles. The van der Waals surface area contributed by atoms with Crippen LogP contribution in [0.2, 0.25) is 0 Å². The molecule has 2 aromatic rings. The van der Waals surface area contributed by atoms with Crippen molar-refractivity contribution in [3.8, 4) is 0 Å². The molecule has 1 heterocycles. The zero-order valence-corrected chi connectivity index (χ0v) is 18.2. The van der Waals surface area contributed by atoms with Crippen molar-refractivity contribution in [1.29, 1.82) is 0 Å². The van der Waals surface area contributed by atoms with E-state index in [-0.39, 0.29) is 23.2 Å². The highest BCUT2D eigenvalue weighted by atomic mass is 32.2. The highest BCUT2D eigenvalue weighted by Gasteiger charge is 2.34. The average Bonchev–Trinajstić information content (AvgIpc) is 2.77. The SMILES string of the molecule is O=C(NCC[C@@H]1CC[C@H](NS(=O)(=O)c2cccc(F)c2)[C@@H](CO)O1)Nc1cc(F)ccc1F. The molecule has 12 heteroatoms. The summed E-state index contributed by atoms with van der Waals surface area (Å²) in [5, 5.41) is 14.4. The third-order valence-corrected chi connectivity index (χ3v) is 6.62. The van der Waals surface area contributed by atoms with Gasteiger partial charge in [-0.05, 0) is 49.6 Å². The molecular formula is C21H24F3N3O5S. The van der Waals surface area contributed by atoms with Gasteiger partial charge in [0.15, 0.2) is 0 Å². The molecule has 0 aromatic heterocycles. The van der Waals surface area contributed by atoms with E-state index < -0.39 is 52.3 Å². The Morgan fingerprint density at radius 2 is 1.85 bits per heavy atom. The number of carbonyl (C=O) groups excluding carboxylic acids is 1. The van der Waals surface area contributed by atoms with Crippen LogP contribution in [0.4, 0.5) is 23.7 Å². The van der Waals surface area contributed by atoms with Crippen molar-refractivity contribution >= 4 is 21.7 Å². The second-order valence-electron chi connectivity index (χ2n) is 7.54. The Morgan fingerprint density at radius 1 is 1.09 bits per heavy atom. The summed E-state index contributed by atoms with van der Waals surface area (Å²) >= 11 is 0. The maximum absolute atomic E-state index is 13.6. The minimum atomic E-state index is -4.01. The van der Waals surface area contributed by atoms with Crippen molar-refractivity contribution in [2.24, 2.45) is 0 Å². The smallest absolute Gasteiger partial charge is 0.319 e. The van der Waals surface area contributed by atoms with E-state index in [1.807, 2.05) is 0 Å². The van der Waals surface area contributed by atoms with Gasteiger partial charge in [-0.1, -0.05) is 6.07 Å². The van der Waals surface area contributed by atoms with Crippen molar-refractivity contribution in [1.82, 2.24) is 10.0 Å². The van der Waals surface area contributed by atoms with Gasteiger partial charge in [-0.25, -0.2) is 31.1 Å². The third-order valence-electron chi connectivity index (χ3n) is 5.14. The summed E-state index contributed by atoms with van der Waals surface area (Å²) in [6.07, 6.45) is -0.0655. The summed E-state index contributed by atoms with van der Waals surface area (Å²) in [7, 11) is -4.01. The van der Waals surface area contributed by atoms with Gasteiger partial charge in [0, 0.05) is 12.6 Å². The number of ether oxygens (including phenoxy) is 1. The van der Waals surface area contributed by atoms with Crippen LogP contribution in [0.5, 0.6) is 0 Å². The van der Waals surface area contributed by atoms with Crippen LogP contribution in [-0.2, 0) is 14.8 Å². The van der Waals surface area contributed by atoms with Gasteiger partial charge < -0.3 is 20.5 Å². The van der Waals surface area contributed by atoms with E-state index in [1.165, 1.54) is 12.1 Å². The summed E-state index contributed by atoms with van der Waals surface area (Å²) in [5.41, 5.74) is -0.296. The Morgan fingerprint density at radius 3 is 2.58 bits per heavy atom. The van der Waals surface area contributed by atoms with Crippen molar-refractivity contribution < 1.29 is 36.2 Å². The summed E-state index contributed by atoms with van der Waals surface area (Å²) < 4.78 is 73.4. The second-order valence-corrected chi connectivity index (χ2v) is 9.25. The maximum Gasteiger partial charge on any atom is 0.319 e. The molecule has 0 bridgehead atoms. The van der Waals surface area contributed by atoms with E-state index in [0.29, 0.717) is 19.3 Å². The van der Waals surface area contributed by atoms with Gasteiger partial charge in [0.05, 0.1) is 35.4 Å². The number of halogens is 3. The molecule has 33 heavy (non-hydrogen) atoms. The molecule has 0 saturated carbocycles. The number of hydrogen-bond donors (Lipinski definition) is 4. The molecule has 0 unspecified atom stereocenters. The summed E-state index contributed by atoms with van der Waals surface area (Å²) in [6, 6.07) is 5.82. The molecule has 3 rings (SSSR count). The summed E-state index contributed by atoms with van der Waals surface area (Å²) in [4.78, 5) is 11.7. The number of benzene rings is 2. The van der Waals surface area contributed by atoms with Crippen LogP contribution >= 0.6 is 0 Å². The predicted molar refractivity (Wildman–Crippen MR) is 113 cm³/mol. The Bertz CT molecular complexity index is 1090. The third kappa shape index (κ3) is 6.90. The van der Waals surface area contributed by atoms with Crippen LogP contribution in [0.15, 0.2) is 47.4 Å². The van der Waals surface area contributed by atoms with Crippen LogP contribution in [0.25, 0.3) is 0 Å². The second kappa shape index (κ2) is 11.0. The first-order valence-electron chi connectivity index (χ1n) is 10.2. The lowest BCUT2D eigenvalue weighted by atomic mass is 9.98. The van der Waals surface area contributed by atoms with Gasteiger partial charge in [-0.3, -0.25) is 0 Å². The number of anilines is 1. The minimum Gasteiger partial charge on any atom is -0.394 e. The monoisotopic (exact) mass is 487 g/mol. The number of nitrogens with one attached hydrogen (secondary N) is 3. The van der Waals surface area contributed by atoms with Crippen molar-refractivity contribution in [2.75, 3.05) is 18.5 Å². The minimum absolute atomic E-state index is 0.144. The molecule has 2 amide bonds. The first-order valence-corrected chi connectivity index (χ1v) is 11.7. The molecule has 1 fully saturated rings. The topological polar surface area (TPSA) is 117 Å². The molecular weight excluding hydrogens is 463 g/mol. The summed E-state index contributed by atoms with van der Waals surface area (Å²) in [6.45, 7) is -0.301. The number of sulfonamides is 1. The molecule has 0 spiro atoms. The van der Waals surface area contributed by atoms with Gasteiger partial charge in [0.2, 0.25) is 10.0 Å². The number of urea groups is 1. The van der Waals surface area contributed by atoms with E-state index >= 15 is 0 Å². The first kappa shape index (κ1) is 25.0. The Labute approximate surface area is 189 Å². The van der Waals surface area contributed by atoms with Crippen molar-refractivity contribution in [2.45, 2.75) is 42.4 Å². The zero-order chi connectivity index (χ0) is 24.0. The Hall–Kier alpha value is -2.67. The molecule has 180 valence electrons. The molecule has 0 radical (unpaired) electrons. The fourth-order valence-corrected chi connectivity index (χ4v) is 4.82. The standard InChI is InChI=1S/C21H24F3N3O5S/c22-13-2-1-3-16(10-13)33(30,31)27-18-7-5-15(32-20(18)12-28)8-9-25-21(29)26-19-11-14(23)4-6-17(19)24/h1-4,6,10-11,15,18,20,27-28H,5,7-9,12H2,(H2,25,26,29)/t15-,18-,20+/m0/s1. The summed E-state index contributed by atoms with van der Waals surface area (Å²) in [5.74, 6) is -2.16. The lowest BCUT2D eigenvalue weighted by Gasteiger charge is -2.36. The highest BCUT2D eigenvalue weighted by molar-refractivity contribution is 7.89. The zero-order valence-electron chi connectivity index (χ0n) is 17.4. The normalized spacial score (nSPS) is 20.9. The predicted octanol–water partition coefficient (Wildman–Crippen LogP) is 2.50. The molecule has 2 aromatic carbocycles. The molecule has 4 N–H and O–H groups in total. The Kier molecular flexibility index (Phi) is 8.30. The Balaban J connectivity index is 1.48. The number of aliphatic hydroxyl groups is 1. The van der Waals surface area contributed by atoms with Gasteiger partial charge >= 0.3 is 6.03 Å². The molecule has 1 saturated heterocycles. The van der Waals surface area contributed by atoms with Crippen LogP contribution in [-0.4, -0.2) is 51.0 Å². The fraction of sp³-hybridized carbons (Fsp3) is 0.381. The maximum atomic E-state index is 13.6.